The molecule has 3 unspecified atom stereocenters. The first-order valence-corrected chi connectivity index (χ1v) is 22.8. The Balaban J connectivity index is 1.47. The zero-order valence-corrected chi connectivity index (χ0v) is 36.0. The molecule has 6 heteroatoms. The fourth-order valence-corrected chi connectivity index (χ4v) is 6.77. The van der Waals surface area contributed by atoms with E-state index in [1.807, 2.05) is 31.2 Å². The highest BCUT2D eigenvalue weighted by Crippen LogP contribution is 2.19. The molecule has 2 N–H and O–H groups in total. The first-order chi connectivity index (χ1) is 27.5. The van der Waals surface area contributed by atoms with Gasteiger partial charge in [0.2, 0.25) is 0 Å². The maximum absolute atomic E-state index is 10.4. The standard InChI is InChI=1S/C50H82O6/c1-4-6-8-10-12-14-16-18-20-22-24-26-28-32-45-34-30-36-48(38-45)54-42-47(51)41-53-40-44(3)56-50(52)43-55-49-37-31-35-46(39-49)33-29-27-25-23-21-19-17-15-13-11-9-7-5-2/h10-13,30-31,34-39,44,47,50-52H,4-9,14-29,32-33,40-43H2,1-3H3/b12-10+,13-11+. The Morgan fingerprint density at radius 2 is 0.929 bits per heavy atom. The smallest absolute Gasteiger partial charge is 0.189 e. The van der Waals surface area contributed by atoms with Crippen molar-refractivity contribution in [3.05, 3.63) is 84.0 Å². The van der Waals surface area contributed by atoms with Crippen LogP contribution in [0.4, 0.5) is 0 Å². The average molecular weight is 779 g/mol. The molecule has 0 bridgehead atoms. The van der Waals surface area contributed by atoms with Gasteiger partial charge in [-0.2, -0.15) is 0 Å². The molecule has 2 rings (SSSR count). The number of ether oxygens (including phenoxy) is 4. The number of hydrogen-bond donors (Lipinski definition) is 2. The highest BCUT2D eigenvalue weighted by atomic mass is 16.6. The van der Waals surface area contributed by atoms with Crippen molar-refractivity contribution in [2.75, 3.05) is 26.4 Å². The van der Waals surface area contributed by atoms with Crippen LogP contribution >= 0.6 is 0 Å². The lowest BCUT2D eigenvalue weighted by atomic mass is 10.0. The van der Waals surface area contributed by atoms with Crippen molar-refractivity contribution in [2.24, 2.45) is 0 Å². The largest absolute Gasteiger partial charge is 0.491 e. The summed E-state index contributed by atoms with van der Waals surface area (Å²) in [6.45, 7) is 6.88. The predicted octanol–water partition coefficient (Wildman–Crippen LogP) is 13.1. The topological polar surface area (TPSA) is 77.4 Å². The molecular weight excluding hydrogens is 697 g/mol. The van der Waals surface area contributed by atoms with E-state index in [0.717, 1.165) is 24.3 Å². The third kappa shape index (κ3) is 28.7. The molecule has 0 aromatic heterocycles. The number of unbranched alkanes of at least 4 members (excludes halogenated alkanes) is 18. The van der Waals surface area contributed by atoms with Crippen LogP contribution in [0, 0.1) is 0 Å². The third-order valence-electron chi connectivity index (χ3n) is 10.1. The van der Waals surface area contributed by atoms with Gasteiger partial charge in [0.25, 0.3) is 0 Å². The van der Waals surface area contributed by atoms with Crippen molar-refractivity contribution < 1.29 is 29.2 Å². The second-order valence-corrected chi connectivity index (χ2v) is 15.8. The summed E-state index contributed by atoms with van der Waals surface area (Å²) in [5.41, 5.74) is 2.53. The van der Waals surface area contributed by atoms with Gasteiger partial charge in [0.15, 0.2) is 6.29 Å². The summed E-state index contributed by atoms with van der Waals surface area (Å²) in [6, 6.07) is 16.3. The number of benzene rings is 2. The van der Waals surface area contributed by atoms with Gasteiger partial charge in [-0.05, 0) is 107 Å². The van der Waals surface area contributed by atoms with Crippen LogP contribution in [0.15, 0.2) is 72.8 Å². The molecule has 0 aliphatic rings. The zero-order chi connectivity index (χ0) is 40.2. The Kier molecular flexibility index (Phi) is 31.4. The van der Waals surface area contributed by atoms with E-state index in [0.29, 0.717) is 0 Å². The Morgan fingerprint density at radius 1 is 0.500 bits per heavy atom. The molecule has 0 fully saturated rings. The summed E-state index contributed by atoms with van der Waals surface area (Å²) >= 11 is 0. The van der Waals surface area contributed by atoms with E-state index in [1.165, 1.54) is 152 Å². The van der Waals surface area contributed by atoms with E-state index in [2.05, 4.69) is 62.4 Å². The molecule has 56 heavy (non-hydrogen) atoms. The molecule has 3 atom stereocenters. The van der Waals surface area contributed by atoms with Gasteiger partial charge < -0.3 is 29.2 Å². The van der Waals surface area contributed by atoms with Crippen LogP contribution in [-0.4, -0.2) is 55.1 Å². The number of aryl methyl sites for hydroxylation is 2. The summed E-state index contributed by atoms with van der Waals surface area (Å²) < 4.78 is 23.0. The van der Waals surface area contributed by atoms with Gasteiger partial charge in [0.1, 0.15) is 30.8 Å². The lowest BCUT2D eigenvalue weighted by Crippen LogP contribution is -2.30. The number of allylic oxidation sites excluding steroid dienone is 4. The molecule has 0 aliphatic heterocycles. The van der Waals surface area contributed by atoms with E-state index >= 15 is 0 Å². The van der Waals surface area contributed by atoms with E-state index in [1.54, 1.807) is 0 Å². The number of aliphatic hydroxyl groups excluding tert-OH is 2. The van der Waals surface area contributed by atoms with Crippen LogP contribution in [0.2, 0.25) is 0 Å². The molecule has 0 spiro atoms. The minimum absolute atomic E-state index is 0.0371. The molecule has 0 aliphatic carbocycles. The molecule has 318 valence electrons. The van der Waals surface area contributed by atoms with E-state index in [4.69, 9.17) is 18.9 Å². The summed E-state index contributed by atoms with van der Waals surface area (Å²) in [5.74, 6) is 1.51. The second kappa shape index (κ2) is 35.5. The molecule has 0 amide bonds. The van der Waals surface area contributed by atoms with Crippen LogP contribution in [0.3, 0.4) is 0 Å². The summed E-state index contributed by atoms with van der Waals surface area (Å²) in [4.78, 5) is 0. The average Bonchev–Trinajstić information content (AvgIpc) is 3.20. The fourth-order valence-electron chi connectivity index (χ4n) is 6.77. The van der Waals surface area contributed by atoms with Gasteiger partial charge in [0.05, 0.1) is 19.3 Å². The molecule has 0 saturated heterocycles. The minimum Gasteiger partial charge on any atom is -0.491 e. The fraction of sp³-hybridized carbons (Fsp3) is 0.680. The van der Waals surface area contributed by atoms with E-state index < -0.39 is 12.4 Å². The van der Waals surface area contributed by atoms with Crippen molar-refractivity contribution in [1.29, 1.82) is 0 Å². The molecule has 0 heterocycles. The second-order valence-electron chi connectivity index (χ2n) is 15.8. The molecular formula is C50H82O6. The first kappa shape index (κ1) is 49.5. The Labute approximate surface area is 343 Å². The molecule has 2 aromatic rings. The van der Waals surface area contributed by atoms with Crippen LogP contribution in [0.1, 0.15) is 173 Å². The van der Waals surface area contributed by atoms with E-state index in [-0.39, 0.29) is 32.5 Å². The summed E-state index contributed by atoms with van der Waals surface area (Å²) in [5, 5.41) is 20.8. The van der Waals surface area contributed by atoms with Gasteiger partial charge in [-0.3, -0.25) is 0 Å². The summed E-state index contributed by atoms with van der Waals surface area (Å²) in [6.07, 6.45) is 37.6. The van der Waals surface area contributed by atoms with Gasteiger partial charge in [-0.1, -0.05) is 152 Å². The first-order valence-electron chi connectivity index (χ1n) is 22.8. The minimum atomic E-state index is -1.08. The van der Waals surface area contributed by atoms with Crippen LogP contribution < -0.4 is 9.47 Å². The monoisotopic (exact) mass is 779 g/mol. The van der Waals surface area contributed by atoms with Crippen LogP contribution in [0.5, 0.6) is 11.5 Å². The van der Waals surface area contributed by atoms with Gasteiger partial charge >= 0.3 is 0 Å². The predicted molar refractivity (Wildman–Crippen MR) is 236 cm³/mol. The molecule has 2 aromatic carbocycles. The van der Waals surface area contributed by atoms with Gasteiger partial charge in [-0.25, -0.2) is 0 Å². The Hall–Kier alpha value is -2.64. The molecule has 0 radical (unpaired) electrons. The third-order valence-corrected chi connectivity index (χ3v) is 10.1. The highest BCUT2D eigenvalue weighted by molar-refractivity contribution is 5.29. The number of rotatable bonds is 38. The van der Waals surface area contributed by atoms with Crippen molar-refractivity contribution in [3.8, 4) is 11.5 Å². The van der Waals surface area contributed by atoms with Crippen LogP contribution in [0.25, 0.3) is 0 Å². The number of aliphatic hydroxyl groups is 2. The summed E-state index contributed by atoms with van der Waals surface area (Å²) in [7, 11) is 0. The molecule has 0 saturated carbocycles. The zero-order valence-electron chi connectivity index (χ0n) is 36.0. The maximum Gasteiger partial charge on any atom is 0.189 e. The molecule has 6 nitrogen and oxygen atoms in total. The highest BCUT2D eigenvalue weighted by Gasteiger charge is 2.13. The van der Waals surface area contributed by atoms with Crippen molar-refractivity contribution >= 4 is 0 Å². The van der Waals surface area contributed by atoms with E-state index in [9.17, 15) is 10.2 Å². The van der Waals surface area contributed by atoms with Gasteiger partial charge in [-0.15, -0.1) is 0 Å². The maximum atomic E-state index is 10.4. The number of hydrogen-bond acceptors (Lipinski definition) is 6. The van der Waals surface area contributed by atoms with Crippen molar-refractivity contribution in [1.82, 2.24) is 0 Å². The lowest BCUT2D eigenvalue weighted by Gasteiger charge is -2.20. The lowest BCUT2D eigenvalue weighted by molar-refractivity contribution is -0.162. The Bertz CT molecular complexity index is 1230. The Morgan fingerprint density at radius 3 is 1.41 bits per heavy atom. The quantitative estimate of drug-likeness (QED) is 0.0402. The van der Waals surface area contributed by atoms with Crippen molar-refractivity contribution in [3.63, 3.8) is 0 Å². The SMILES string of the molecule is CCCC/C=C/CCCCCCCCCc1cccc(OCC(O)COCC(C)OC(O)COc2cccc(CCCCCCCCC/C=C/CCCC)c2)c1. The van der Waals surface area contributed by atoms with Crippen molar-refractivity contribution in [2.45, 2.75) is 193 Å². The van der Waals surface area contributed by atoms with Crippen LogP contribution in [-0.2, 0) is 22.3 Å². The van der Waals surface area contributed by atoms with Gasteiger partial charge in [0, 0.05) is 0 Å². The normalized spacial score (nSPS) is 13.4.